The van der Waals surface area contributed by atoms with Crippen molar-refractivity contribution in [3.63, 3.8) is 0 Å². The summed E-state index contributed by atoms with van der Waals surface area (Å²) in [6, 6.07) is 5.19. The highest BCUT2D eigenvalue weighted by molar-refractivity contribution is 5.80. The molecular formula is C13H18FN3. The number of guanidine groups is 1. The first-order chi connectivity index (χ1) is 8.00. The lowest BCUT2D eigenvalue weighted by Crippen LogP contribution is -2.41. The molecule has 92 valence electrons. The van der Waals surface area contributed by atoms with E-state index in [-0.39, 0.29) is 17.9 Å². The van der Waals surface area contributed by atoms with Gasteiger partial charge in [-0.1, -0.05) is 6.07 Å². The lowest BCUT2D eigenvalue weighted by atomic mass is 9.99. The second-order valence-corrected chi connectivity index (χ2v) is 4.72. The van der Waals surface area contributed by atoms with Crippen molar-refractivity contribution in [1.82, 2.24) is 4.90 Å². The molecule has 0 saturated heterocycles. The van der Waals surface area contributed by atoms with Gasteiger partial charge in [-0.3, -0.25) is 4.99 Å². The topological polar surface area (TPSA) is 41.6 Å². The molecule has 0 aliphatic carbocycles. The van der Waals surface area contributed by atoms with Crippen molar-refractivity contribution >= 4 is 5.96 Å². The fourth-order valence-corrected chi connectivity index (χ4v) is 2.35. The Balaban J connectivity index is 2.37. The number of benzene rings is 1. The highest BCUT2D eigenvalue weighted by Crippen LogP contribution is 2.30. The van der Waals surface area contributed by atoms with E-state index >= 15 is 0 Å². The van der Waals surface area contributed by atoms with Crippen molar-refractivity contribution in [1.29, 1.82) is 0 Å². The van der Waals surface area contributed by atoms with Crippen molar-refractivity contribution in [2.45, 2.75) is 32.9 Å². The zero-order valence-electron chi connectivity index (χ0n) is 10.4. The summed E-state index contributed by atoms with van der Waals surface area (Å²) in [5, 5.41) is 0. The highest BCUT2D eigenvalue weighted by Gasteiger charge is 2.30. The Morgan fingerprint density at radius 2 is 2.18 bits per heavy atom. The first-order valence-electron chi connectivity index (χ1n) is 5.85. The maximum absolute atomic E-state index is 13.3. The zero-order valence-corrected chi connectivity index (χ0v) is 10.4. The number of rotatable bonds is 2. The average Bonchev–Trinajstić information content (AvgIpc) is 2.64. The molecule has 1 aromatic carbocycles. The second-order valence-electron chi connectivity index (χ2n) is 4.72. The van der Waals surface area contributed by atoms with Gasteiger partial charge >= 0.3 is 0 Å². The van der Waals surface area contributed by atoms with Crippen molar-refractivity contribution < 1.29 is 4.39 Å². The maximum Gasteiger partial charge on any atom is 0.192 e. The molecule has 0 bridgehead atoms. The summed E-state index contributed by atoms with van der Waals surface area (Å²) in [6.07, 6.45) is 0. The monoisotopic (exact) mass is 235 g/mol. The summed E-state index contributed by atoms with van der Waals surface area (Å²) in [4.78, 5) is 6.31. The first-order valence-corrected chi connectivity index (χ1v) is 5.85. The van der Waals surface area contributed by atoms with E-state index in [2.05, 4.69) is 18.8 Å². The third kappa shape index (κ3) is 2.12. The molecule has 0 amide bonds. The molecule has 0 spiro atoms. The van der Waals surface area contributed by atoms with Crippen LogP contribution < -0.4 is 5.73 Å². The molecule has 0 saturated carbocycles. The average molecular weight is 235 g/mol. The van der Waals surface area contributed by atoms with Crippen LogP contribution in [-0.2, 0) is 0 Å². The van der Waals surface area contributed by atoms with E-state index in [1.807, 2.05) is 11.8 Å². The summed E-state index contributed by atoms with van der Waals surface area (Å²) in [5.41, 5.74) is 7.93. The van der Waals surface area contributed by atoms with Crippen LogP contribution in [0.3, 0.4) is 0 Å². The van der Waals surface area contributed by atoms with Crippen molar-refractivity contribution in [2.24, 2.45) is 10.7 Å². The predicted molar refractivity (Wildman–Crippen MR) is 67.3 cm³/mol. The minimum Gasteiger partial charge on any atom is -0.370 e. The third-order valence-electron chi connectivity index (χ3n) is 3.18. The number of hydrogen-bond acceptors (Lipinski definition) is 3. The number of nitrogens with zero attached hydrogens (tertiary/aromatic N) is 2. The second kappa shape index (κ2) is 4.35. The van der Waals surface area contributed by atoms with Crippen molar-refractivity contribution in [3.8, 4) is 0 Å². The summed E-state index contributed by atoms with van der Waals surface area (Å²) in [6.45, 7) is 6.72. The van der Waals surface area contributed by atoms with E-state index in [4.69, 9.17) is 5.73 Å². The first kappa shape index (κ1) is 11.9. The number of nitrogens with two attached hydrogens (primary N) is 1. The lowest BCUT2D eigenvalue weighted by Gasteiger charge is -2.31. The van der Waals surface area contributed by atoms with Gasteiger partial charge in [0.25, 0.3) is 0 Å². The van der Waals surface area contributed by atoms with Gasteiger partial charge in [-0.05, 0) is 44.0 Å². The van der Waals surface area contributed by atoms with Gasteiger partial charge in [0.15, 0.2) is 5.96 Å². The SMILES string of the molecule is Cc1ccc(F)cc1C1CN=C(N)N1C(C)C. The molecule has 1 aliphatic rings. The van der Waals surface area contributed by atoms with Crippen LogP contribution in [0.1, 0.15) is 31.0 Å². The molecule has 17 heavy (non-hydrogen) atoms. The molecule has 1 aromatic rings. The predicted octanol–water partition coefficient (Wildman–Crippen LogP) is 2.21. The molecule has 4 heteroatoms. The van der Waals surface area contributed by atoms with Gasteiger partial charge in [0.05, 0.1) is 12.6 Å². The van der Waals surface area contributed by atoms with Crippen LogP contribution in [0.5, 0.6) is 0 Å². The summed E-state index contributed by atoms with van der Waals surface area (Å²) < 4.78 is 13.3. The zero-order chi connectivity index (χ0) is 12.6. The van der Waals surface area contributed by atoms with Crippen LogP contribution in [0.15, 0.2) is 23.2 Å². The Morgan fingerprint density at radius 3 is 2.82 bits per heavy atom. The Morgan fingerprint density at radius 1 is 1.47 bits per heavy atom. The molecular weight excluding hydrogens is 217 g/mol. The summed E-state index contributed by atoms with van der Waals surface area (Å²) in [7, 11) is 0. The van der Waals surface area contributed by atoms with Gasteiger partial charge < -0.3 is 10.6 Å². The van der Waals surface area contributed by atoms with E-state index in [1.165, 1.54) is 6.07 Å². The Bertz CT molecular complexity index is 454. The molecule has 2 N–H and O–H groups in total. The fourth-order valence-electron chi connectivity index (χ4n) is 2.35. The third-order valence-corrected chi connectivity index (χ3v) is 3.18. The van der Waals surface area contributed by atoms with Crippen LogP contribution in [-0.4, -0.2) is 23.4 Å². The number of hydrogen-bond donors (Lipinski definition) is 1. The van der Waals surface area contributed by atoms with Gasteiger partial charge in [-0.25, -0.2) is 4.39 Å². The molecule has 0 radical (unpaired) electrons. The van der Waals surface area contributed by atoms with Gasteiger partial charge in [0.2, 0.25) is 0 Å². The molecule has 1 unspecified atom stereocenters. The van der Waals surface area contributed by atoms with Crippen LogP contribution in [0.25, 0.3) is 0 Å². The molecule has 1 atom stereocenters. The Labute approximate surface area is 101 Å². The number of aryl methyl sites for hydroxylation is 1. The van der Waals surface area contributed by atoms with Crippen LogP contribution in [0.4, 0.5) is 4.39 Å². The smallest absolute Gasteiger partial charge is 0.192 e. The van der Waals surface area contributed by atoms with Gasteiger partial charge in [0, 0.05) is 6.04 Å². The van der Waals surface area contributed by atoms with Crippen LogP contribution >= 0.6 is 0 Å². The number of aliphatic imine (C=N–C) groups is 1. The van der Waals surface area contributed by atoms with Gasteiger partial charge in [-0.15, -0.1) is 0 Å². The van der Waals surface area contributed by atoms with Crippen LogP contribution in [0.2, 0.25) is 0 Å². The molecule has 0 fully saturated rings. The van der Waals surface area contributed by atoms with E-state index in [0.717, 1.165) is 11.1 Å². The van der Waals surface area contributed by atoms with E-state index in [9.17, 15) is 4.39 Å². The highest BCUT2D eigenvalue weighted by atomic mass is 19.1. The van der Waals surface area contributed by atoms with Gasteiger partial charge in [0.1, 0.15) is 5.82 Å². The lowest BCUT2D eigenvalue weighted by molar-refractivity contribution is 0.289. The molecule has 3 nitrogen and oxygen atoms in total. The quantitative estimate of drug-likeness (QED) is 0.854. The Hall–Kier alpha value is -1.58. The van der Waals surface area contributed by atoms with Crippen molar-refractivity contribution in [3.05, 3.63) is 35.1 Å². The van der Waals surface area contributed by atoms with Crippen molar-refractivity contribution in [2.75, 3.05) is 6.54 Å². The molecule has 1 aliphatic heterocycles. The van der Waals surface area contributed by atoms with E-state index < -0.39 is 0 Å². The molecule has 0 aromatic heterocycles. The molecule has 1 heterocycles. The minimum absolute atomic E-state index is 0.0608. The van der Waals surface area contributed by atoms with E-state index in [0.29, 0.717) is 12.5 Å². The van der Waals surface area contributed by atoms with E-state index in [1.54, 1.807) is 12.1 Å². The standard InChI is InChI=1S/C13H18FN3/c1-8(2)17-12(7-16-13(17)15)11-6-10(14)5-4-9(11)3/h4-6,8,12H,7H2,1-3H3,(H2,15,16). The Kier molecular flexibility index (Phi) is 3.05. The normalized spacial score (nSPS) is 19.9. The summed E-state index contributed by atoms with van der Waals surface area (Å²) in [5.74, 6) is 0.341. The fraction of sp³-hybridized carbons (Fsp3) is 0.462. The minimum atomic E-state index is -0.209. The largest absolute Gasteiger partial charge is 0.370 e. The maximum atomic E-state index is 13.3. The van der Waals surface area contributed by atoms with Gasteiger partial charge in [-0.2, -0.15) is 0 Å². The molecule has 2 rings (SSSR count). The summed E-state index contributed by atoms with van der Waals surface area (Å²) >= 11 is 0. The van der Waals surface area contributed by atoms with Crippen LogP contribution in [0, 0.1) is 12.7 Å². The number of halogens is 1.